The summed E-state index contributed by atoms with van der Waals surface area (Å²) in [5, 5.41) is 1.80. The minimum atomic E-state index is -4.79. The van der Waals surface area contributed by atoms with Crippen LogP contribution in [0.15, 0.2) is 0 Å². The van der Waals surface area contributed by atoms with E-state index in [2.05, 4.69) is 0 Å². The van der Waals surface area contributed by atoms with Gasteiger partial charge in [-0.25, -0.2) is 0 Å². The van der Waals surface area contributed by atoms with Crippen LogP contribution in [0.3, 0.4) is 0 Å². The number of alkyl halides is 3. The molecule has 0 spiro atoms. The Labute approximate surface area is 74.9 Å². The molecular weight excluding hydrogens is 185 g/mol. The predicted molar refractivity (Wildman–Crippen MR) is 42.2 cm³/mol. The molecule has 0 radical (unpaired) electrons. The van der Waals surface area contributed by atoms with Crippen LogP contribution in [0, 0.1) is 0 Å². The summed E-state index contributed by atoms with van der Waals surface area (Å²) in [5.41, 5.74) is 0. The molecule has 0 aromatic rings. The van der Waals surface area contributed by atoms with Crippen LogP contribution in [-0.2, 0) is 4.79 Å². The average molecular weight is 198 g/mol. The number of rotatable bonds is 3. The van der Waals surface area contributed by atoms with Crippen LogP contribution in [0.1, 0.15) is 6.92 Å². The van der Waals surface area contributed by atoms with Gasteiger partial charge in [-0.2, -0.15) is 13.2 Å². The fourth-order valence-corrected chi connectivity index (χ4v) is 0.523. The molecule has 6 heteroatoms. The molecule has 0 saturated carbocycles. The number of carbonyl (C=O) groups excluding carboxylic acids is 1. The van der Waals surface area contributed by atoms with Crippen LogP contribution in [0.4, 0.5) is 13.2 Å². The van der Waals surface area contributed by atoms with Gasteiger partial charge >= 0.3 is 12.1 Å². The molecule has 78 valence electrons. The number of halogens is 3. The fourth-order valence-electron chi connectivity index (χ4n) is 0.523. The van der Waals surface area contributed by atoms with Gasteiger partial charge in [0, 0.05) is 12.6 Å². The fraction of sp³-hybridized carbons (Fsp3) is 0.857. The Balaban J connectivity index is 3.84. The molecule has 0 aliphatic rings. The minimum absolute atomic E-state index is 0.00859. The van der Waals surface area contributed by atoms with Crippen molar-refractivity contribution in [3.63, 3.8) is 0 Å². The normalized spacial score (nSPS) is 14.4. The highest BCUT2D eigenvalue weighted by atomic mass is 19.4. The molecular formula is C7H13F3N2O. The van der Waals surface area contributed by atoms with Gasteiger partial charge in [0.05, 0.1) is 0 Å². The molecule has 0 aliphatic carbocycles. The molecule has 1 amide bonds. The smallest absolute Gasteiger partial charge is 0.347 e. The molecule has 0 rings (SSSR count). The molecule has 0 aromatic carbocycles. The van der Waals surface area contributed by atoms with Crippen molar-refractivity contribution in [2.75, 3.05) is 20.6 Å². The predicted octanol–water partition coefficient (Wildman–Crippen LogP) is 0.615. The van der Waals surface area contributed by atoms with E-state index in [1.54, 1.807) is 31.2 Å². The summed E-state index contributed by atoms with van der Waals surface area (Å²) in [6.07, 6.45) is -4.79. The summed E-state index contributed by atoms with van der Waals surface area (Å²) in [7, 11) is 3.45. The van der Waals surface area contributed by atoms with E-state index in [-0.39, 0.29) is 12.6 Å². The Hall–Kier alpha value is -0.780. The Morgan fingerprint density at radius 1 is 1.46 bits per heavy atom. The lowest BCUT2D eigenvalue weighted by Gasteiger charge is -2.20. The molecule has 0 saturated heterocycles. The van der Waals surface area contributed by atoms with Crippen LogP contribution < -0.4 is 5.32 Å². The zero-order valence-corrected chi connectivity index (χ0v) is 7.77. The molecule has 0 bridgehead atoms. The van der Waals surface area contributed by atoms with Gasteiger partial charge in [0.15, 0.2) is 0 Å². The minimum Gasteiger partial charge on any atom is -0.347 e. The highest BCUT2D eigenvalue weighted by Crippen LogP contribution is 2.13. The average Bonchev–Trinajstić information content (AvgIpc) is 1.97. The van der Waals surface area contributed by atoms with Gasteiger partial charge in [-0.15, -0.1) is 0 Å². The van der Waals surface area contributed by atoms with E-state index in [0.29, 0.717) is 0 Å². The van der Waals surface area contributed by atoms with E-state index in [1.165, 1.54) is 0 Å². The quantitative estimate of drug-likeness (QED) is 0.720. The zero-order chi connectivity index (χ0) is 10.6. The van der Waals surface area contributed by atoms with Crippen molar-refractivity contribution in [1.29, 1.82) is 0 Å². The van der Waals surface area contributed by atoms with E-state index in [0.717, 1.165) is 0 Å². The maximum absolute atomic E-state index is 11.7. The van der Waals surface area contributed by atoms with Crippen LogP contribution in [0.25, 0.3) is 0 Å². The van der Waals surface area contributed by atoms with E-state index in [1.807, 2.05) is 0 Å². The van der Waals surface area contributed by atoms with Crippen LogP contribution in [0.2, 0.25) is 0 Å². The molecule has 0 heterocycles. The summed E-state index contributed by atoms with van der Waals surface area (Å²) < 4.78 is 35.0. The van der Waals surface area contributed by atoms with Crippen LogP contribution in [0.5, 0.6) is 0 Å². The van der Waals surface area contributed by atoms with Gasteiger partial charge in [-0.1, -0.05) is 0 Å². The highest BCUT2D eigenvalue weighted by Gasteiger charge is 2.38. The van der Waals surface area contributed by atoms with Gasteiger partial charge in [0.25, 0.3) is 0 Å². The van der Waals surface area contributed by atoms with Gasteiger partial charge in [0.2, 0.25) is 0 Å². The second-order valence-electron chi connectivity index (χ2n) is 3.02. The maximum Gasteiger partial charge on any atom is 0.471 e. The van der Waals surface area contributed by atoms with Crippen molar-refractivity contribution in [3.8, 4) is 0 Å². The second kappa shape index (κ2) is 4.45. The van der Waals surface area contributed by atoms with Gasteiger partial charge in [-0.05, 0) is 21.0 Å². The molecule has 1 unspecified atom stereocenters. The lowest BCUT2D eigenvalue weighted by molar-refractivity contribution is -0.173. The summed E-state index contributed by atoms with van der Waals surface area (Å²) in [4.78, 5) is 12.1. The maximum atomic E-state index is 11.7. The summed E-state index contributed by atoms with van der Waals surface area (Å²) >= 11 is 0. The molecule has 0 aromatic heterocycles. The number of carbonyl (C=O) groups is 1. The third-order valence-corrected chi connectivity index (χ3v) is 1.70. The molecule has 3 nitrogen and oxygen atoms in total. The summed E-state index contributed by atoms with van der Waals surface area (Å²) in [5.74, 6) is -1.89. The zero-order valence-electron chi connectivity index (χ0n) is 7.77. The van der Waals surface area contributed by atoms with Gasteiger partial charge in [-0.3, -0.25) is 4.79 Å². The lowest BCUT2D eigenvalue weighted by atomic mass is 10.3. The first-order valence-corrected chi connectivity index (χ1v) is 3.76. The first kappa shape index (κ1) is 12.2. The molecule has 1 N–H and O–H groups in total. The van der Waals surface area contributed by atoms with Crippen molar-refractivity contribution < 1.29 is 18.0 Å². The van der Waals surface area contributed by atoms with Crippen molar-refractivity contribution in [2.45, 2.75) is 19.1 Å². The van der Waals surface area contributed by atoms with E-state index in [4.69, 9.17) is 0 Å². The molecule has 0 aliphatic heterocycles. The van der Waals surface area contributed by atoms with E-state index in [9.17, 15) is 18.0 Å². The number of nitrogens with one attached hydrogen (secondary N) is 1. The lowest BCUT2D eigenvalue weighted by Crippen LogP contribution is -2.43. The van der Waals surface area contributed by atoms with Crippen molar-refractivity contribution in [1.82, 2.24) is 10.2 Å². The number of likely N-dealkylation sites (N-methyl/N-ethyl adjacent to an activating group) is 1. The third-order valence-electron chi connectivity index (χ3n) is 1.70. The number of nitrogens with zero attached hydrogens (tertiary/aromatic N) is 1. The Kier molecular flexibility index (Phi) is 4.19. The van der Waals surface area contributed by atoms with Gasteiger partial charge in [0.1, 0.15) is 0 Å². The van der Waals surface area contributed by atoms with Crippen LogP contribution in [-0.4, -0.2) is 43.7 Å². The first-order valence-electron chi connectivity index (χ1n) is 3.76. The standard InChI is InChI=1S/C7H13F3N2O/c1-5(12(2)3)4-11-6(13)7(8,9)10/h5H,4H2,1-3H3,(H,11,13). The number of amides is 1. The van der Waals surface area contributed by atoms with E-state index < -0.39 is 12.1 Å². The van der Waals surface area contributed by atoms with Crippen molar-refractivity contribution in [3.05, 3.63) is 0 Å². The summed E-state index contributed by atoms with van der Waals surface area (Å²) in [6.45, 7) is 1.71. The number of hydrogen-bond donors (Lipinski definition) is 1. The topological polar surface area (TPSA) is 32.3 Å². The highest BCUT2D eigenvalue weighted by molar-refractivity contribution is 5.81. The molecule has 13 heavy (non-hydrogen) atoms. The van der Waals surface area contributed by atoms with Crippen molar-refractivity contribution in [2.24, 2.45) is 0 Å². The SMILES string of the molecule is CC(CNC(=O)C(F)(F)F)N(C)C. The Morgan fingerprint density at radius 2 is 1.92 bits per heavy atom. The second-order valence-corrected chi connectivity index (χ2v) is 3.02. The molecule has 0 fully saturated rings. The Morgan fingerprint density at radius 3 is 2.23 bits per heavy atom. The Bertz CT molecular complexity index is 179. The third kappa shape index (κ3) is 4.72. The summed E-state index contributed by atoms with van der Waals surface area (Å²) in [6, 6.07) is -0.119. The van der Waals surface area contributed by atoms with Gasteiger partial charge < -0.3 is 10.2 Å². The molecule has 1 atom stereocenters. The largest absolute Gasteiger partial charge is 0.471 e. The number of hydrogen-bond acceptors (Lipinski definition) is 2. The van der Waals surface area contributed by atoms with Crippen LogP contribution >= 0.6 is 0 Å². The monoisotopic (exact) mass is 198 g/mol. The van der Waals surface area contributed by atoms with Crippen molar-refractivity contribution >= 4 is 5.91 Å². The first-order chi connectivity index (χ1) is 5.75. The van der Waals surface area contributed by atoms with E-state index >= 15 is 0 Å².